The molecule has 0 spiro atoms. The number of aromatic nitrogens is 1. The van der Waals surface area contributed by atoms with E-state index in [-0.39, 0.29) is 0 Å². The third-order valence-corrected chi connectivity index (χ3v) is 3.13. The van der Waals surface area contributed by atoms with E-state index in [1.807, 2.05) is 12.1 Å². The van der Waals surface area contributed by atoms with E-state index in [1.54, 1.807) is 0 Å². The maximum Gasteiger partial charge on any atom is 0.128 e. The van der Waals surface area contributed by atoms with Gasteiger partial charge in [0.25, 0.3) is 0 Å². The fourth-order valence-electron chi connectivity index (χ4n) is 1.78. The minimum absolute atomic E-state index is 0.435. The van der Waals surface area contributed by atoms with Gasteiger partial charge in [-0.1, -0.05) is 32.4 Å². The summed E-state index contributed by atoms with van der Waals surface area (Å²) in [5.74, 6) is 1.02. The van der Waals surface area contributed by atoms with Crippen LogP contribution in [-0.2, 0) is 6.54 Å². The van der Waals surface area contributed by atoms with Crippen LogP contribution in [0.15, 0.2) is 12.1 Å². The average molecular weight is 270 g/mol. The normalized spacial score (nSPS) is 11.0. The zero-order valence-electron chi connectivity index (χ0n) is 11.8. The second kappa shape index (κ2) is 7.59. The van der Waals surface area contributed by atoms with Crippen molar-refractivity contribution in [2.45, 2.75) is 46.7 Å². The number of anilines is 1. The van der Waals surface area contributed by atoms with E-state index in [4.69, 9.17) is 11.6 Å². The monoisotopic (exact) mass is 269 g/mol. The van der Waals surface area contributed by atoms with E-state index in [0.29, 0.717) is 12.6 Å². The summed E-state index contributed by atoms with van der Waals surface area (Å²) < 4.78 is 0. The average Bonchev–Trinajstić information content (AvgIpc) is 2.35. The SMILES string of the molecule is CCCN(CC)c1ccc(Cl)c(CNC(C)C)n1. The van der Waals surface area contributed by atoms with Crippen LogP contribution in [0.2, 0.25) is 5.02 Å². The highest BCUT2D eigenvalue weighted by atomic mass is 35.5. The molecule has 0 amide bonds. The van der Waals surface area contributed by atoms with E-state index in [9.17, 15) is 0 Å². The number of nitrogens with zero attached hydrogens (tertiary/aromatic N) is 2. The molecule has 3 nitrogen and oxygen atoms in total. The fourth-order valence-corrected chi connectivity index (χ4v) is 1.95. The Balaban J connectivity index is 2.84. The van der Waals surface area contributed by atoms with Crippen molar-refractivity contribution in [1.82, 2.24) is 10.3 Å². The van der Waals surface area contributed by atoms with Gasteiger partial charge in [-0.2, -0.15) is 0 Å². The summed E-state index contributed by atoms with van der Waals surface area (Å²) in [6.07, 6.45) is 1.12. The van der Waals surface area contributed by atoms with Gasteiger partial charge in [0.2, 0.25) is 0 Å². The first kappa shape index (κ1) is 15.3. The number of hydrogen-bond acceptors (Lipinski definition) is 3. The molecule has 1 heterocycles. The van der Waals surface area contributed by atoms with Crippen molar-refractivity contribution in [3.05, 3.63) is 22.8 Å². The lowest BCUT2D eigenvalue weighted by Gasteiger charge is -2.22. The van der Waals surface area contributed by atoms with Gasteiger partial charge in [0.1, 0.15) is 5.82 Å². The molecular weight excluding hydrogens is 246 g/mol. The van der Waals surface area contributed by atoms with Crippen LogP contribution in [0.4, 0.5) is 5.82 Å². The van der Waals surface area contributed by atoms with Gasteiger partial charge in [-0.3, -0.25) is 0 Å². The van der Waals surface area contributed by atoms with Gasteiger partial charge in [-0.15, -0.1) is 0 Å². The number of halogens is 1. The van der Waals surface area contributed by atoms with Crippen LogP contribution in [0, 0.1) is 0 Å². The van der Waals surface area contributed by atoms with Crippen LogP contribution in [0.5, 0.6) is 0 Å². The van der Waals surface area contributed by atoms with Gasteiger partial charge in [0.05, 0.1) is 10.7 Å². The van der Waals surface area contributed by atoms with Gasteiger partial charge >= 0.3 is 0 Å². The van der Waals surface area contributed by atoms with Crippen LogP contribution in [0.1, 0.15) is 39.8 Å². The van der Waals surface area contributed by atoms with E-state index in [2.05, 4.69) is 42.9 Å². The molecular formula is C14H24ClN3. The van der Waals surface area contributed by atoms with Gasteiger partial charge < -0.3 is 10.2 Å². The summed E-state index contributed by atoms with van der Waals surface area (Å²) in [7, 11) is 0. The summed E-state index contributed by atoms with van der Waals surface area (Å²) in [6, 6.07) is 4.38. The summed E-state index contributed by atoms with van der Waals surface area (Å²) in [5, 5.41) is 4.09. The minimum atomic E-state index is 0.435. The van der Waals surface area contributed by atoms with E-state index >= 15 is 0 Å². The molecule has 0 aliphatic carbocycles. The lowest BCUT2D eigenvalue weighted by atomic mass is 10.3. The topological polar surface area (TPSA) is 28.2 Å². The third-order valence-electron chi connectivity index (χ3n) is 2.78. The molecule has 4 heteroatoms. The molecule has 0 saturated carbocycles. The molecule has 0 saturated heterocycles. The molecule has 0 atom stereocenters. The molecule has 0 aromatic carbocycles. The molecule has 1 rings (SSSR count). The van der Waals surface area contributed by atoms with E-state index in [1.165, 1.54) is 0 Å². The molecule has 0 radical (unpaired) electrons. The van der Waals surface area contributed by atoms with Gasteiger partial charge in [-0.25, -0.2) is 4.98 Å². The molecule has 0 aliphatic heterocycles. The molecule has 0 unspecified atom stereocenters. The Morgan fingerprint density at radius 1 is 1.33 bits per heavy atom. The van der Waals surface area contributed by atoms with Crippen molar-refractivity contribution in [3.8, 4) is 0 Å². The van der Waals surface area contributed by atoms with Crippen LogP contribution in [0.25, 0.3) is 0 Å². The molecule has 18 heavy (non-hydrogen) atoms. The van der Waals surface area contributed by atoms with Crippen molar-refractivity contribution in [1.29, 1.82) is 0 Å². The van der Waals surface area contributed by atoms with E-state index < -0.39 is 0 Å². The lowest BCUT2D eigenvalue weighted by Crippen LogP contribution is -2.26. The summed E-state index contributed by atoms with van der Waals surface area (Å²) in [6.45, 7) is 11.3. The molecule has 0 fully saturated rings. The largest absolute Gasteiger partial charge is 0.357 e. The van der Waals surface area contributed by atoms with Crippen LogP contribution in [-0.4, -0.2) is 24.1 Å². The van der Waals surface area contributed by atoms with E-state index in [0.717, 1.165) is 36.0 Å². The molecule has 1 aromatic heterocycles. The van der Waals surface area contributed by atoms with Crippen LogP contribution in [0.3, 0.4) is 0 Å². The van der Waals surface area contributed by atoms with Gasteiger partial charge in [-0.05, 0) is 25.5 Å². The Labute approximate surface area is 116 Å². The number of rotatable bonds is 7. The van der Waals surface area contributed by atoms with Crippen molar-refractivity contribution in [2.24, 2.45) is 0 Å². The maximum atomic E-state index is 6.18. The summed E-state index contributed by atoms with van der Waals surface area (Å²) in [5.41, 5.74) is 0.928. The predicted octanol–water partition coefficient (Wildman–Crippen LogP) is 3.47. The Bertz CT molecular complexity index is 366. The number of nitrogens with one attached hydrogen (secondary N) is 1. The highest BCUT2D eigenvalue weighted by Gasteiger charge is 2.09. The first-order chi connectivity index (χ1) is 8.58. The number of hydrogen-bond donors (Lipinski definition) is 1. The summed E-state index contributed by atoms with van der Waals surface area (Å²) in [4.78, 5) is 6.94. The molecule has 1 N–H and O–H groups in total. The zero-order chi connectivity index (χ0) is 13.5. The van der Waals surface area contributed by atoms with Crippen molar-refractivity contribution >= 4 is 17.4 Å². The van der Waals surface area contributed by atoms with Crippen molar-refractivity contribution < 1.29 is 0 Å². The smallest absolute Gasteiger partial charge is 0.128 e. The highest BCUT2D eigenvalue weighted by molar-refractivity contribution is 6.31. The Morgan fingerprint density at radius 2 is 2.06 bits per heavy atom. The van der Waals surface area contributed by atoms with Crippen LogP contribution < -0.4 is 10.2 Å². The van der Waals surface area contributed by atoms with Crippen molar-refractivity contribution in [2.75, 3.05) is 18.0 Å². The maximum absolute atomic E-state index is 6.18. The zero-order valence-corrected chi connectivity index (χ0v) is 12.6. The molecule has 102 valence electrons. The Hall–Kier alpha value is -0.800. The standard InChI is InChI=1S/C14H24ClN3/c1-5-9-18(6-2)14-8-7-12(15)13(17-14)10-16-11(3)4/h7-8,11,16H,5-6,9-10H2,1-4H3. The van der Waals surface area contributed by atoms with Crippen molar-refractivity contribution in [3.63, 3.8) is 0 Å². The lowest BCUT2D eigenvalue weighted by molar-refractivity contribution is 0.581. The Morgan fingerprint density at radius 3 is 2.61 bits per heavy atom. The first-order valence-corrected chi connectivity index (χ1v) is 7.10. The predicted molar refractivity (Wildman–Crippen MR) is 79.4 cm³/mol. The molecule has 0 bridgehead atoms. The highest BCUT2D eigenvalue weighted by Crippen LogP contribution is 2.19. The first-order valence-electron chi connectivity index (χ1n) is 6.72. The minimum Gasteiger partial charge on any atom is -0.357 e. The molecule has 1 aromatic rings. The second-order valence-corrected chi connectivity index (χ2v) is 5.12. The van der Waals surface area contributed by atoms with Gasteiger partial charge in [0, 0.05) is 25.7 Å². The second-order valence-electron chi connectivity index (χ2n) is 4.71. The Kier molecular flexibility index (Phi) is 6.44. The third kappa shape index (κ3) is 4.46. The summed E-state index contributed by atoms with van der Waals surface area (Å²) >= 11 is 6.18. The van der Waals surface area contributed by atoms with Crippen LogP contribution >= 0.6 is 11.6 Å². The fraction of sp³-hybridized carbons (Fsp3) is 0.643. The quantitative estimate of drug-likeness (QED) is 0.822. The number of pyridine rings is 1. The van der Waals surface area contributed by atoms with Gasteiger partial charge in [0.15, 0.2) is 0 Å². The molecule has 0 aliphatic rings.